The van der Waals surface area contributed by atoms with Gasteiger partial charge in [0.05, 0.1) is 4.91 Å². The number of ether oxygens (including phenoxy) is 1. The molecule has 2 aromatic rings. The van der Waals surface area contributed by atoms with Gasteiger partial charge in [0.15, 0.2) is 5.17 Å². The number of thiazole rings is 1. The topological polar surface area (TPSA) is 54.8 Å². The van der Waals surface area contributed by atoms with Gasteiger partial charge in [-0.15, -0.1) is 17.9 Å². The Hall–Kier alpha value is -2.64. The van der Waals surface area contributed by atoms with E-state index in [0.717, 1.165) is 16.9 Å². The zero-order chi connectivity index (χ0) is 17.9. The minimum atomic E-state index is -0.0787. The second kappa shape index (κ2) is 7.31. The van der Waals surface area contributed by atoms with Crippen molar-refractivity contribution in [1.82, 2.24) is 9.88 Å². The summed E-state index contributed by atoms with van der Waals surface area (Å²) >= 11 is 2.78. The number of hydrogen-bond donors (Lipinski definition) is 0. The Morgan fingerprint density at radius 3 is 3.08 bits per heavy atom. The highest BCUT2D eigenvalue weighted by Gasteiger charge is 2.33. The Balaban J connectivity index is 1.65. The minimum absolute atomic E-state index is 0.0787. The number of rotatable bonds is 4. The summed E-state index contributed by atoms with van der Waals surface area (Å²) in [7, 11) is 0. The summed E-state index contributed by atoms with van der Waals surface area (Å²) < 4.78 is 5.77. The molecule has 2 aliphatic rings. The molecule has 0 unspecified atom stereocenters. The fourth-order valence-electron chi connectivity index (χ4n) is 2.62. The Bertz CT molecular complexity index is 945. The summed E-state index contributed by atoms with van der Waals surface area (Å²) in [5.74, 6) is 0.782. The Morgan fingerprint density at radius 1 is 1.38 bits per heavy atom. The summed E-state index contributed by atoms with van der Waals surface area (Å²) in [6.07, 6.45) is 7.32. The monoisotopic (exact) mass is 381 g/mol. The normalized spacial score (nSPS) is 19.5. The van der Waals surface area contributed by atoms with Crippen LogP contribution in [0.15, 0.2) is 70.0 Å². The lowest BCUT2D eigenvalue weighted by molar-refractivity contribution is -0.121. The van der Waals surface area contributed by atoms with E-state index in [4.69, 9.17) is 4.74 Å². The maximum absolute atomic E-state index is 12.8. The van der Waals surface area contributed by atoms with Crippen molar-refractivity contribution in [2.75, 3.05) is 13.2 Å². The van der Waals surface area contributed by atoms with Gasteiger partial charge in [-0.3, -0.25) is 9.69 Å². The van der Waals surface area contributed by atoms with Crippen LogP contribution < -0.4 is 4.74 Å². The van der Waals surface area contributed by atoms with Crippen molar-refractivity contribution >= 4 is 45.4 Å². The summed E-state index contributed by atoms with van der Waals surface area (Å²) in [4.78, 5) is 23.7. The molecule has 1 amide bonds. The largest absolute Gasteiger partial charge is 0.488 e. The van der Waals surface area contributed by atoms with Gasteiger partial charge in [0.25, 0.3) is 5.91 Å². The lowest BCUT2D eigenvalue weighted by Gasteiger charge is -2.16. The van der Waals surface area contributed by atoms with Crippen LogP contribution in [0.5, 0.6) is 5.75 Å². The molecule has 0 atom stereocenters. The molecular formula is C19H15N3O2S2. The number of fused-ring (bicyclic) bond motifs is 1. The fraction of sp³-hybridized carbons (Fsp3) is 0.105. The van der Waals surface area contributed by atoms with Gasteiger partial charge in [0.2, 0.25) is 5.13 Å². The van der Waals surface area contributed by atoms with Crippen molar-refractivity contribution in [1.29, 1.82) is 0 Å². The number of thioether (sulfide) groups is 1. The second-order valence-corrected chi connectivity index (χ2v) is 7.45. The summed E-state index contributed by atoms with van der Waals surface area (Å²) in [6, 6.07) is 7.85. The quantitative estimate of drug-likeness (QED) is 0.587. The van der Waals surface area contributed by atoms with E-state index in [0.29, 0.717) is 28.4 Å². The number of carbonyl (C=O) groups is 1. The molecule has 4 rings (SSSR count). The molecule has 0 saturated carbocycles. The van der Waals surface area contributed by atoms with Gasteiger partial charge in [-0.25, -0.2) is 4.98 Å². The van der Waals surface area contributed by atoms with E-state index in [9.17, 15) is 4.79 Å². The first-order valence-corrected chi connectivity index (χ1v) is 9.67. The molecule has 0 N–H and O–H groups in total. The molecule has 0 aliphatic carbocycles. The van der Waals surface area contributed by atoms with Gasteiger partial charge in [-0.2, -0.15) is 4.99 Å². The lowest BCUT2D eigenvalue weighted by Crippen LogP contribution is -2.29. The highest BCUT2D eigenvalue weighted by atomic mass is 32.2. The molecular weight excluding hydrogens is 366 g/mol. The average molecular weight is 381 g/mol. The van der Waals surface area contributed by atoms with Gasteiger partial charge < -0.3 is 4.74 Å². The fourth-order valence-corrected chi connectivity index (χ4v) is 4.19. The second-order valence-electron chi connectivity index (χ2n) is 5.57. The predicted molar refractivity (Wildman–Crippen MR) is 107 cm³/mol. The number of aliphatic imine (C=N–C) groups is 1. The maximum atomic E-state index is 12.8. The first kappa shape index (κ1) is 16.8. The molecule has 26 heavy (non-hydrogen) atoms. The van der Waals surface area contributed by atoms with Crippen LogP contribution in [-0.2, 0) is 4.79 Å². The van der Waals surface area contributed by atoms with Gasteiger partial charge in [-0.05, 0) is 35.6 Å². The van der Waals surface area contributed by atoms with Gasteiger partial charge in [0.1, 0.15) is 12.4 Å². The number of carbonyl (C=O) groups excluding carboxylic acids is 1. The van der Waals surface area contributed by atoms with Crippen molar-refractivity contribution < 1.29 is 9.53 Å². The van der Waals surface area contributed by atoms with Crippen molar-refractivity contribution in [3.8, 4) is 5.75 Å². The SMILES string of the molecule is C=CCN1C(=O)/C(=C/C2=Cc3ccccc3OC2)SC1=Nc1nccs1. The zero-order valence-electron chi connectivity index (χ0n) is 13.8. The summed E-state index contributed by atoms with van der Waals surface area (Å²) in [5, 5.41) is 3.11. The minimum Gasteiger partial charge on any atom is -0.488 e. The summed E-state index contributed by atoms with van der Waals surface area (Å²) in [5.41, 5.74) is 1.97. The van der Waals surface area contributed by atoms with Crippen molar-refractivity contribution in [2.24, 2.45) is 4.99 Å². The molecule has 7 heteroatoms. The number of aromatic nitrogens is 1. The van der Waals surface area contributed by atoms with E-state index < -0.39 is 0 Å². The molecule has 5 nitrogen and oxygen atoms in total. The van der Waals surface area contributed by atoms with E-state index in [2.05, 4.69) is 16.6 Å². The van der Waals surface area contributed by atoms with Crippen LogP contribution in [-0.4, -0.2) is 34.1 Å². The highest BCUT2D eigenvalue weighted by molar-refractivity contribution is 8.18. The first-order chi connectivity index (χ1) is 12.7. The summed E-state index contributed by atoms with van der Waals surface area (Å²) in [6.45, 7) is 4.58. The third-order valence-electron chi connectivity index (χ3n) is 3.78. The zero-order valence-corrected chi connectivity index (χ0v) is 15.4. The number of amides is 1. The van der Waals surface area contributed by atoms with Gasteiger partial charge in [-0.1, -0.05) is 24.3 Å². The molecule has 3 heterocycles. The molecule has 1 aromatic heterocycles. The average Bonchev–Trinajstić information content (AvgIpc) is 3.26. The Kier molecular flexibility index (Phi) is 4.73. The number of amidine groups is 1. The molecule has 1 aromatic carbocycles. The predicted octanol–water partition coefficient (Wildman–Crippen LogP) is 4.25. The van der Waals surface area contributed by atoms with E-state index in [1.54, 1.807) is 17.2 Å². The molecule has 2 aliphatic heterocycles. The molecule has 0 spiro atoms. The van der Waals surface area contributed by atoms with Crippen LogP contribution in [0.25, 0.3) is 6.08 Å². The third kappa shape index (κ3) is 3.36. The van der Waals surface area contributed by atoms with E-state index in [-0.39, 0.29) is 5.91 Å². The van der Waals surface area contributed by atoms with E-state index in [1.165, 1.54) is 23.1 Å². The molecule has 1 saturated heterocycles. The first-order valence-electron chi connectivity index (χ1n) is 7.97. The number of benzene rings is 1. The standard InChI is InChI=1S/C19H15N3O2S2/c1-2-8-22-17(23)16(26-19(22)21-18-20-7-9-25-18)11-13-10-14-5-3-4-6-15(14)24-12-13/h2-7,9-11H,1,8,12H2/b16-11-,21-19?. The third-order valence-corrected chi connectivity index (χ3v) is 5.45. The molecule has 0 bridgehead atoms. The van der Waals surface area contributed by atoms with Gasteiger partial charge >= 0.3 is 0 Å². The Morgan fingerprint density at radius 2 is 2.27 bits per heavy atom. The highest BCUT2D eigenvalue weighted by Crippen LogP contribution is 2.35. The van der Waals surface area contributed by atoms with Crippen LogP contribution in [0.1, 0.15) is 5.56 Å². The molecule has 1 fully saturated rings. The van der Waals surface area contributed by atoms with E-state index >= 15 is 0 Å². The van der Waals surface area contributed by atoms with E-state index in [1.807, 2.05) is 41.8 Å². The number of nitrogens with zero attached hydrogens (tertiary/aromatic N) is 3. The van der Waals surface area contributed by atoms with Gasteiger partial charge in [0, 0.05) is 23.7 Å². The van der Waals surface area contributed by atoms with Crippen LogP contribution in [0.3, 0.4) is 0 Å². The lowest BCUT2D eigenvalue weighted by atomic mass is 10.1. The number of hydrogen-bond acceptors (Lipinski definition) is 6. The number of para-hydroxylation sites is 1. The maximum Gasteiger partial charge on any atom is 0.267 e. The van der Waals surface area contributed by atoms with Crippen molar-refractivity contribution in [3.63, 3.8) is 0 Å². The van der Waals surface area contributed by atoms with Crippen molar-refractivity contribution in [3.05, 3.63) is 70.6 Å². The van der Waals surface area contributed by atoms with Crippen LogP contribution in [0, 0.1) is 0 Å². The van der Waals surface area contributed by atoms with Crippen LogP contribution in [0.4, 0.5) is 5.13 Å². The smallest absolute Gasteiger partial charge is 0.267 e. The van der Waals surface area contributed by atoms with Crippen LogP contribution in [0.2, 0.25) is 0 Å². The molecule has 0 radical (unpaired) electrons. The Labute approximate surface area is 159 Å². The van der Waals surface area contributed by atoms with Crippen LogP contribution >= 0.6 is 23.1 Å². The van der Waals surface area contributed by atoms with Crippen molar-refractivity contribution in [2.45, 2.75) is 0 Å². The molecule has 130 valence electrons.